The summed E-state index contributed by atoms with van der Waals surface area (Å²) in [4.78, 5) is 12.6. The van der Waals surface area contributed by atoms with Crippen molar-refractivity contribution in [2.45, 2.75) is 6.42 Å². The molecule has 0 radical (unpaired) electrons. The Hall–Kier alpha value is -3.55. The fourth-order valence-corrected chi connectivity index (χ4v) is 2.83. The number of nitrogens with zero attached hydrogens (tertiary/aromatic N) is 2. The standard InChI is InChI=1S/C21H22FN3O4/c1-27-17-9-4-14(12-18(17)28-2)10-11-23-21(26)20-19(29-3)13-25(24-20)16-7-5-15(22)6-8-16/h4-9,12-13H,10-11H2,1-3H3,(H,23,26). The van der Waals surface area contributed by atoms with Crippen LogP contribution in [0.3, 0.4) is 0 Å². The maximum atomic E-state index is 13.1. The lowest BCUT2D eigenvalue weighted by molar-refractivity contribution is 0.0945. The highest BCUT2D eigenvalue weighted by Crippen LogP contribution is 2.27. The average molecular weight is 399 g/mol. The fourth-order valence-electron chi connectivity index (χ4n) is 2.83. The minimum absolute atomic E-state index is 0.157. The summed E-state index contributed by atoms with van der Waals surface area (Å²) in [5.74, 6) is 0.912. The summed E-state index contributed by atoms with van der Waals surface area (Å²) in [5, 5.41) is 7.11. The molecule has 0 aliphatic rings. The van der Waals surface area contributed by atoms with E-state index in [1.165, 1.54) is 23.9 Å². The lowest BCUT2D eigenvalue weighted by Crippen LogP contribution is -2.26. The first-order chi connectivity index (χ1) is 14.0. The summed E-state index contributed by atoms with van der Waals surface area (Å²) < 4.78 is 30.4. The van der Waals surface area contributed by atoms with E-state index in [0.717, 1.165) is 5.56 Å². The second-order valence-corrected chi connectivity index (χ2v) is 6.16. The van der Waals surface area contributed by atoms with E-state index in [1.54, 1.807) is 32.5 Å². The predicted molar refractivity (Wildman–Crippen MR) is 106 cm³/mol. The quantitative estimate of drug-likeness (QED) is 0.630. The highest BCUT2D eigenvalue weighted by atomic mass is 19.1. The molecule has 8 heteroatoms. The number of carbonyl (C=O) groups excluding carboxylic acids is 1. The average Bonchev–Trinajstić information content (AvgIpc) is 3.18. The highest BCUT2D eigenvalue weighted by molar-refractivity contribution is 5.94. The highest BCUT2D eigenvalue weighted by Gasteiger charge is 2.18. The topological polar surface area (TPSA) is 74.6 Å². The Morgan fingerprint density at radius 3 is 2.34 bits per heavy atom. The first kappa shape index (κ1) is 20.2. The number of methoxy groups -OCH3 is 3. The van der Waals surface area contributed by atoms with Gasteiger partial charge in [-0.15, -0.1) is 0 Å². The molecule has 7 nitrogen and oxygen atoms in total. The zero-order valence-electron chi connectivity index (χ0n) is 16.4. The third-order valence-corrected chi connectivity index (χ3v) is 4.35. The zero-order chi connectivity index (χ0) is 20.8. The van der Waals surface area contributed by atoms with Gasteiger partial charge < -0.3 is 19.5 Å². The van der Waals surface area contributed by atoms with Crippen LogP contribution in [0, 0.1) is 5.82 Å². The van der Waals surface area contributed by atoms with Crippen molar-refractivity contribution in [1.29, 1.82) is 0 Å². The molecular formula is C21H22FN3O4. The van der Waals surface area contributed by atoms with E-state index in [2.05, 4.69) is 10.4 Å². The van der Waals surface area contributed by atoms with E-state index >= 15 is 0 Å². The number of nitrogens with one attached hydrogen (secondary N) is 1. The van der Waals surface area contributed by atoms with Crippen LogP contribution in [0.25, 0.3) is 5.69 Å². The molecule has 152 valence electrons. The molecule has 0 fully saturated rings. The number of ether oxygens (including phenoxy) is 3. The van der Waals surface area contributed by atoms with Crippen LogP contribution in [0.5, 0.6) is 17.2 Å². The SMILES string of the molecule is COc1ccc(CCNC(=O)c2nn(-c3ccc(F)cc3)cc2OC)cc1OC. The molecule has 0 aliphatic carbocycles. The van der Waals surface area contributed by atoms with Crippen LogP contribution >= 0.6 is 0 Å². The van der Waals surface area contributed by atoms with Gasteiger partial charge in [0.15, 0.2) is 22.9 Å². The molecule has 0 bridgehead atoms. The normalized spacial score (nSPS) is 10.5. The van der Waals surface area contributed by atoms with E-state index < -0.39 is 0 Å². The summed E-state index contributed by atoms with van der Waals surface area (Å²) in [6.07, 6.45) is 2.18. The number of aromatic nitrogens is 2. The van der Waals surface area contributed by atoms with Crippen molar-refractivity contribution in [1.82, 2.24) is 15.1 Å². The van der Waals surface area contributed by atoms with E-state index in [0.29, 0.717) is 35.9 Å². The van der Waals surface area contributed by atoms with E-state index in [-0.39, 0.29) is 17.4 Å². The molecule has 3 aromatic rings. The van der Waals surface area contributed by atoms with Gasteiger partial charge in [-0.1, -0.05) is 6.07 Å². The lowest BCUT2D eigenvalue weighted by Gasteiger charge is -2.10. The van der Waals surface area contributed by atoms with Crippen molar-refractivity contribution >= 4 is 5.91 Å². The number of carbonyl (C=O) groups is 1. The van der Waals surface area contributed by atoms with Gasteiger partial charge in [-0.2, -0.15) is 5.10 Å². The van der Waals surface area contributed by atoms with Crippen LogP contribution in [0.2, 0.25) is 0 Å². The minimum Gasteiger partial charge on any atom is -0.493 e. The Labute approximate surface area is 168 Å². The van der Waals surface area contributed by atoms with Crippen LogP contribution in [0.15, 0.2) is 48.7 Å². The third kappa shape index (κ3) is 4.66. The minimum atomic E-state index is -0.358. The van der Waals surface area contributed by atoms with Gasteiger partial charge in [0.1, 0.15) is 5.82 Å². The first-order valence-electron chi connectivity index (χ1n) is 8.94. The number of hydrogen-bond acceptors (Lipinski definition) is 5. The van der Waals surface area contributed by atoms with Crippen molar-refractivity contribution in [3.05, 3.63) is 65.7 Å². The summed E-state index contributed by atoms with van der Waals surface area (Å²) in [7, 11) is 4.62. The molecule has 0 spiro atoms. The number of hydrogen-bond donors (Lipinski definition) is 1. The third-order valence-electron chi connectivity index (χ3n) is 4.35. The smallest absolute Gasteiger partial charge is 0.275 e. The van der Waals surface area contributed by atoms with Gasteiger partial charge in [0.25, 0.3) is 5.91 Å². The largest absolute Gasteiger partial charge is 0.493 e. The molecule has 1 N–H and O–H groups in total. The Morgan fingerprint density at radius 1 is 1.00 bits per heavy atom. The van der Waals surface area contributed by atoms with Crippen LogP contribution in [0.4, 0.5) is 4.39 Å². The number of amides is 1. The molecule has 0 atom stereocenters. The van der Waals surface area contributed by atoms with Crippen LogP contribution in [-0.2, 0) is 6.42 Å². The van der Waals surface area contributed by atoms with Gasteiger partial charge in [0.2, 0.25) is 0 Å². The number of benzene rings is 2. The summed E-state index contributed by atoms with van der Waals surface area (Å²) in [6.45, 7) is 0.404. The molecule has 3 rings (SSSR count). The molecule has 2 aromatic carbocycles. The maximum Gasteiger partial charge on any atom is 0.275 e. The van der Waals surface area contributed by atoms with Crippen molar-refractivity contribution in [2.75, 3.05) is 27.9 Å². The van der Waals surface area contributed by atoms with Crippen molar-refractivity contribution in [2.24, 2.45) is 0 Å². The number of rotatable bonds is 8. The van der Waals surface area contributed by atoms with Crippen molar-refractivity contribution in [3.63, 3.8) is 0 Å². The Kier molecular flexibility index (Phi) is 6.33. The molecule has 0 unspecified atom stereocenters. The lowest BCUT2D eigenvalue weighted by atomic mass is 10.1. The second kappa shape index (κ2) is 9.09. The van der Waals surface area contributed by atoms with E-state index in [9.17, 15) is 9.18 Å². The van der Waals surface area contributed by atoms with Gasteiger partial charge >= 0.3 is 0 Å². The molecule has 0 saturated carbocycles. The van der Waals surface area contributed by atoms with Gasteiger partial charge in [-0.25, -0.2) is 9.07 Å². The fraction of sp³-hybridized carbons (Fsp3) is 0.238. The first-order valence-corrected chi connectivity index (χ1v) is 8.94. The van der Waals surface area contributed by atoms with E-state index in [1.807, 2.05) is 18.2 Å². The van der Waals surface area contributed by atoms with Gasteiger partial charge in [0.05, 0.1) is 33.2 Å². The molecule has 1 aromatic heterocycles. The second-order valence-electron chi connectivity index (χ2n) is 6.16. The van der Waals surface area contributed by atoms with Gasteiger partial charge in [-0.3, -0.25) is 4.79 Å². The molecular weight excluding hydrogens is 377 g/mol. The Morgan fingerprint density at radius 2 is 1.69 bits per heavy atom. The summed E-state index contributed by atoms with van der Waals surface area (Å²) >= 11 is 0. The predicted octanol–water partition coefficient (Wildman–Crippen LogP) is 3.01. The van der Waals surface area contributed by atoms with Crippen molar-refractivity contribution < 1.29 is 23.4 Å². The maximum absolute atomic E-state index is 13.1. The molecule has 29 heavy (non-hydrogen) atoms. The van der Waals surface area contributed by atoms with Crippen molar-refractivity contribution in [3.8, 4) is 22.9 Å². The summed E-state index contributed by atoms with van der Waals surface area (Å²) in [6, 6.07) is 11.4. The van der Waals surface area contributed by atoms with Gasteiger partial charge in [0, 0.05) is 6.54 Å². The summed E-state index contributed by atoms with van der Waals surface area (Å²) in [5.41, 5.74) is 1.77. The number of halogens is 1. The van der Waals surface area contributed by atoms with Crippen LogP contribution in [-0.4, -0.2) is 43.6 Å². The Bertz CT molecular complexity index is 986. The van der Waals surface area contributed by atoms with Crippen LogP contribution < -0.4 is 19.5 Å². The molecule has 0 aliphatic heterocycles. The van der Waals surface area contributed by atoms with Gasteiger partial charge in [-0.05, 0) is 48.4 Å². The van der Waals surface area contributed by atoms with E-state index in [4.69, 9.17) is 14.2 Å². The molecule has 1 amide bonds. The molecule has 1 heterocycles. The zero-order valence-corrected chi connectivity index (χ0v) is 16.4. The monoisotopic (exact) mass is 399 g/mol. The Balaban J connectivity index is 1.67. The molecule has 0 saturated heterocycles. The van der Waals surface area contributed by atoms with Crippen LogP contribution in [0.1, 0.15) is 16.1 Å².